The fourth-order valence-electron chi connectivity index (χ4n) is 2.59. The summed E-state index contributed by atoms with van der Waals surface area (Å²) in [5.41, 5.74) is -0.965. The van der Waals surface area contributed by atoms with Crippen LogP contribution in [-0.2, 0) is 9.53 Å². The third-order valence-electron chi connectivity index (χ3n) is 4.04. The monoisotopic (exact) mass is 461 g/mol. The van der Waals surface area contributed by atoms with Crippen LogP contribution >= 0.6 is 0 Å². The van der Waals surface area contributed by atoms with Crippen molar-refractivity contribution >= 4 is 29.3 Å². The van der Waals surface area contributed by atoms with Crippen LogP contribution < -0.4 is 14.8 Å². The number of halogens is 2. The lowest BCUT2D eigenvalue weighted by molar-refractivity contribution is -0.385. The Labute approximate surface area is 186 Å². The molecule has 0 bridgehead atoms. The summed E-state index contributed by atoms with van der Waals surface area (Å²) in [6.07, 6.45) is 0.912. The molecule has 0 saturated heterocycles. The van der Waals surface area contributed by atoms with Crippen LogP contribution in [0.5, 0.6) is 11.5 Å². The maximum absolute atomic E-state index is 12.6. The number of amides is 1. The number of nitriles is 1. The molecular formula is C21H17F2N3O7. The lowest BCUT2D eigenvalue weighted by Gasteiger charge is -2.11. The van der Waals surface area contributed by atoms with Gasteiger partial charge in [0.25, 0.3) is 11.6 Å². The molecule has 0 aliphatic rings. The number of nitrogens with zero attached hydrogens (tertiary/aromatic N) is 2. The van der Waals surface area contributed by atoms with E-state index in [-0.39, 0.29) is 29.2 Å². The molecular weight excluding hydrogens is 444 g/mol. The van der Waals surface area contributed by atoms with Crippen LogP contribution in [0.15, 0.2) is 42.0 Å². The Morgan fingerprint density at radius 2 is 1.91 bits per heavy atom. The average Bonchev–Trinajstić information content (AvgIpc) is 2.77. The predicted octanol–water partition coefficient (Wildman–Crippen LogP) is 3.93. The Bertz CT molecular complexity index is 1130. The summed E-state index contributed by atoms with van der Waals surface area (Å²) >= 11 is 0. The van der Waals surface area contributed by atoms with Crippen LogP contribution in [0.1, 0.15) is 22.8 Å². The smallest absolute Gasteiger partial charge is 0.387 e. The molecule has 0 heterocycles. The molecule has 0 radical (unpaired) electrons. The zero-order valence-corrected chi connectivity index (χ0v) is 17.3. The van der Waals surface area contributed by atoms with Crippen LogP contribution in [-0.4, -0.2) is 37.1 Å². The van der Waals surface area contributed by atoms with E-state index < -0.39 is 40.4 Å². The Balaban J connectivity index is 2.35. The molecule has 2 aromatic carbocycles. The molecule has 10 nitrogen and oxygen atoms in total. The Kier molecular flexibility index (Phi) is 8.39. The molecule has 33 heavy (non-hydrogen) atoms. The van der Waals surface area contributed by atoms with Crippen LogP contribution in [0.3, 0.4) is 0 Å². The Morgan fingerprint density at radius 1 is 1.24 bits per heavy atom. The van der Waals surface area contributed by atoms with E-state index in [1.54, 1.807) is 13.0 Å². The largest absolute Gasteiger partial charge is 0.493 e. The Morgan fingerprint density at radius 3 is 2.42 bits per heavy atom. The van der Waals surface area contributed by atoms with E-state index in [1.807, 2.05) is 0 Å². The van der Waals surface area contributed by atoms with Crippen molar-refractivity contribution in [2.24, 2.45) is 0 Å². The second-order valence-corrected chi connectivity index (χ2v) is 6.12. The summed E-state index contributed by atoms with van der Waals surface area (Å²) in [6.45, 7) is -1.41. The number of benzene rings is 2. The molecule has 0 fully saturated rings. The number of nitro groups is 1. The summed E-state index contributed by atoms with van der Waals surface area (Å²) in [5, 5.41) is 23.2. The molecule has 172 valence electrons. The van der Waals surface area contributed by atoms with Gasteiger partial charge in [-0.15, -0.1) is 0 Å². The van der Waals surface area contributed by atoms with Crippen LogP contribution in [0.25, 0.3) is 6.08 Å². The van der Waals surface area contributed by atoms with Gasteiger partial charge in [0.2, 0.25) is 0 Å². The summed E-state index contributed by atoms with van der Waals surface area (Å²) in [5.74, 6) is -2.29. The molecule has 0 saturated carbocycles. The highest BCUT2D eigenvalue weighted by atomic mass is 19.3. The summed E-state index contributed by atoms with van der Waals surface area (Å²) in [7, 11) is 1.13. The molecule has 1 amide bonds. The first-order valence-corrected chi connectivity index (χ1v) is 9.21. The highest BCUT2D eigenvalue weighted by Crippen LogP contribution is 2.36. The number of methoxy groups -OCH3 is 1. The number of hydrogen-bond donors (Lipinski definition) is 1. The first-order valence-electron chi connectivity index (χ1n) is 9.21. The highest BCUT2D eigenvalue weighted by Gasteiger charge is 2.22. The second kappa shape index (κ2) is 11.2. The first-order chi connectivity index (χ1) is 15.7. The normalized spacial score (nSPS) is 10.8. The van der Waals surface area contributed by atoms with Gasteiger partial charge in [0.15, 0.2) is 11.5 Å². The molecule has 0 aliphatic carbocycles. The van der Waals surface area contributed by atoms with E-state index >= 15 is 0 Å². The van der Waals surface area contributed by atoms with Crippen molar-refractivity contribution in [2.45, 2.75) is 13.5 Å². The summed E-state index contributed by atoms with van der Waals surface area (Å²) in [4.78, 5) is 34.7. The fraction of sp³-hybridized carbons (Fsp3) is 0.190. The second-order valence-electron chi connectivity index (χ2n) is 6.12. The third kappa shape index (κ3) is 6.47. The SMILES string of the molecule is CCOC(=O)c1ccc(NC(=O)/C(C#N)=C/c2cc(OC)c(OC(F)F)cc2[N+](=O)[O-])cc1. The van der Waals surface area contributed by atoms with Crippen LogP contribution in [0.4, 0.5) is 20.2 Å². The van der Waals surface area contributed by atoms with Crippen molar-refractivity contribution in [3.05, 3.63) is 63.2 Å². The number of ether oxygens (including phenoxy) is 3. The average molecular weight is 461 g/mol. The van der Waals surface area contributed by atoms with Gasteiger partial charge in [-0.05, 0) is 43.3 Å². The van der Waals surface area contributed by atoms with Crippen molar-refractivity contribution in [3.63, 3.8) is 0 Å². The predicted molar refractivity (Wildman–Crippen MR) is 111 cm³/mol. The molecule has 0 unspecified atom stereocenters. The van der Waals surface area contributed by atoms with Gasteiger partial charge >= 0.3 is 12.6 Å². The number of alkyl halides is 2. The summed E-state index contributed by atoms with van der Waals surface area (Å²) in [6, 6.07) is 8.94. The molecule has 0 aliphatic heterocycles. The molecule has 0 aromatic heterocycles. The van der Waals surface area contributed by atoms with Crippen LogP contribution in [0, 0.1) is 21.4 Å². The molecule has 2 rings (SSSR count). The van der Waals surface area contributed by atoms with Crippen molar-refractivity contribution in [1.29, 1.82) is 5.26 Å². The topological polar surface area (TPSA) is 141 Å². The zero-order valence-electron chi connectivity index (χ0n) is 17.3. The quantitative estimate of drug-likeness (QED) is 0.195. The van der Waals surface area contributed by atoms with Gasteiger partial charge in [0.1, 0.15) is 11.6 Å². The molecule has 0 atom stereocenters. The van der Waals surface area contributed by atoms with E-state index in [0.717, 1.165) is 19.3 Å². The van der Waals surface area contributed by atoms with Gasteiger partial charge in [-0.3, -0.25) is 14.9 Å². The fourth-order valence-corrected chi connectivity index (χ4v) is 2.59. The maximum Gasteiger partial charge on any atom is 0.387 e. The van der Waals surface area contributed by atoms with Crippen molar-refractivity contribution in [2.75, 3.05) is 19.0 Å². The van der Waals surface area contributed by atoms with Gasteiger partial charge in [0.05, 0.1) is 35.8 Å². The number of rotatable bonds is 9. The third-order valence-corrected chi connectivity index (χ3v) is 4.04. The van der Waals surface area contributed by atoms with E-state index in [4.69, 9.17) is 9.47 Å². The zero-order chi connectivity index (χ0) is 24.5. The molecule has 2 aromatic rings. The Hall–Kier alpha value is -4.53. The van der Waals surface area contributed by atoms with Crippen molar-refractivity contribution in [1.82, 2.24) is 0 Å². The molecule has 1 N–H and O–H groups in total. The van der Waals surface area contributed by atoms with Crippen molar-refractivity contribution in [3.8, 4) is 17.6 Å². The van der Waals surface area contributed by atoms with Crippen molar-refractivity contribution < 1.29 is 37.5 Å². The molecule has 12 heteroatoms. The number of anilines is 1. The lowest BCUT2D eigenvalue weighted by Crippen LogP contribution is -2.14. The van der Waals surface area contributed by atoms with Crippen LogP contribution in [0.2, 0.25) is 0 Å². The van der Waals surface area contributed by atoms with Gasteiger partial charge < -0.3 is 19.5 Å². The highest BCUT2D eigenvalue weighted by molar-refractivity contribution is 6.10. The number of nitrogens with one attached hydrogen (secondary N) is 1. The van der Waals surface area contributed by atoms with Gasteiger partial charge in [0, 0.05) is 5.69 Å². The minimum Gasteiger partial charge on any atom is -0.493 e. The summed E-state index contributed by atoms with van der Waals surface area (Å²) < 4.78 is 39.1. The van der Waals surface area contributed by atoms with E-state index in [2.05, 4.69) is 10.1 Å². The number of carbonyl (C=O) groups excluding carboxylic acids is 2. The van der Waals surface area contributed by atoms with E-state index in [0.29, 0.717) is 6.07 Å². The maximum atomic E-state index is 12.6. The lowest BCUT2D eigenvalue weighted by atomic mass is 10.1. The minimum atomic E-state index is -3.25. The molecule has 0 spiro atoms. The minimum absolute atomic E-state index is 0.194. The standard InChI is InChI=1S/C21H17F2N3O7/c1-3-32-20(28)12-4-6-15(7-5-12)25-19(27)14(11-24)8-13-9-17(31-2)18(33-21(22)23)10-16(13)26(29)30/h4-10,21H,3H2,1-2H3,(H,25,27)/b14-8+. The van der Waals surface area contributed by atoms with E-state index in [9.17, 15) is 33.7 Å². The van der Waals surface area contributed by atoms with Gasteiger partial charge in [-0.2, -0.15) is 14.0 Å². The number of nitro benzene ring substituents is 1. The number of carbonyl (C=O) groups is 2. The van der Waals surface area contributed by atoms with Gasteiger partial charge in [-0.1, -0.05) is 0 Å². The van der Waals surface area contributed by atoms with E-state index in [1.165, 1.54) is 24.3 Å². The van der Waals surface area contributed by atoms with Gasteiger partial charge in [-0.25, -0.2) is 4.79 Å². The number of hydrogen-bond acceptors (Lipinski definition) is 8. The first kappa shape index (κ1) is 24.7. The number of esters is 1.